The van der Waals surface area contributed by atoms with E-state index in [0.29, 0.717) is 34.4 Å². The zero-order valence-corrected chi connectivity index (χ0v) is 25.2. The second-order valence-corrected chi connectivity index (χ2v) is 11.3. The average Bonchev–Trinajstić information content (AvgIpc) is 3.33. The Labute approximate surface area is 250 Å². The molecule has 0 radical (unpaired) electrons. The van der Waals surface area contributed by atoms with Crippen molar-refractivity contribution in [1.82, 2.24) is 5.43 Å². The van der Waals surface area contributed by atoms with Crippen LogP contribution in [0.2, 0.25) is 0 Å². The van der Waals surface area contributed by atoms with E-state index in [1.807, 2.05) is 31.2 Å². The number of fused-ring (bicyclic) bond motifs is 1. The summed E-state index contributed by atoms with van der Waals surface area (Å²) in [4.78, 5) is 39.5. The molecule has 222 valence electrons. The summed E-state index contributed by atoms with van der Waals surface area (Å²) in [7, 11) is 0. The number of carbonyl (C=O) groups excluding carboxylic acids is 3. The van der Waals surface area contributed by atoms with E-state index in [9.17, 15) is 14.4 Å². The Bertz CT molecular complexity index is 1430. The third kappa shape index (κ3) is 7.97. The highest BCUT2D eigenvalue weighted by Crippen LogP contribution is 2.40. The number of benzene rings is 2. The highest BCUT2D eigenvalue weighted by atomic mass is 32.1. The van der Waals surface area contributed by atoms with Crippen molar-refractivity contribution in [2.75, 3.05) is 18.5 Å². The molecule has 0 unspecified atom stereocenters. The molecule has 1 aliphatic rings. The monoisotopic (exact) mass is 591 g/mol. The van der Waals surface area contributed by atoms with E-state index < -0.39 is 18.0 Å². The van der Waals surface area contributed by atoms with E-state index >= 15 is 0 Å². The van der Waals surface area contributed by atoms with E-state index in [1.54, 1.807) is 38.1 Å². The second-order valence-electron chi connectivity index (χ2n) is 10.2. The van der Waals surface area contributed by atoms with E-state index in [1.165, 1.54) is 17.6 Å². The standard InChI is InChI=1S/C32H37N3O6S/c1-5-16-40-25-9-7-8-22(18-25)19-33-35-29(36)21(4)41-24-13-11-23(12-14-24)30(37)34-31-28(32(38)39-6-2)26-15-10-20(3)17-27(26)42-31/h7-9,11-14,18-21H,5-6,10,15-17H2,1-4H3,(H,34,37)(H,35,36)/b33-19-/t20-,21+/m0/s1. The van der Waals surface area contributed by atoms with Gasteiger partial charge in [-0.15, -0.1) is 11.3 Å². The lowest BCUT2D eigenvalue weighted by Crippen LogP contribution is -2.33. The first-order chi connectivity index (χ1) is 20.3. The smallest absolute Gasteiger partial charge is 0.341 e. The first kappa shape index (κ1) is 30.8. The molecule has 10 heteroatoms. The highest BCUT2D eigenvalue weighted by Gasteiger charge is 2.29. The van der Waals surface area contributed by atoms with E-state index in [-0.39, 0.29) is 12.5 Å². The normalized spacial score (nSPS) is 15.0. The van der Waals surface area contributed by atoms with Crippen LogP contribution in [0.25, 0.3) is 0 Å². The number of thiophene rings is 1. The van der Waals surface area contributed by atoms with Crippen LogP contribution < -0.4 is 20.2 Å². The molecular weight excluding hydrogens is 554 g/mol. The van der Waals surface area contributed by atoms with Gasteiger partial charge in [-0.05, 0) is 93.0 Å². The van der Waals surface area contributed by atoms with E-state index in [0.717, 1.165) is 47.4 Å². The minimum Gasteiger partial charge on any atom is -0.494 e. The molecule has 0 saturated carbocycles. The molecule has 2 N–H and O–H groups in total. The third-order valence-electron chi connectivity index (χ3n) is 6.74. The van der Waals surface area contributed by atoms with Crippen LogP contribution in [0.4, 0.5) is 5.00 Å². The van der Waals surface area contributed by atoms with Crippen molar-refractivity contribution in [3.05, 3.63) is 75.7 Å². The van der Waals surface area contributed by atoms with Gasteiger partial charge >= 0.3 is 5.97 Å². The fraction of sp³-hybridized carbons (Fsp3) is 0.375. The predicted molar refractivity (Wildman–Crippen MR) is 164 cm³/mol. The van der Waals surface area contributed by atoms with Gasteiger partial charge in [-0.3, -0.25) is 9.59 Å². The van der Waals surface area contributed by atoms with Crippen molar-refractivity contribution in [2.24, 2.45) is 11.0 Å². The molecule has 0 bridgehead atoms. The maximum atomic E-state index is 13.1. The Morgan fingerprint density at radius 2 is 1.90 bits per heavy atom. The Morgan fingerprint density at radius 1 is 1.12 bits per heavy atom. The molecule has 4 rings (SSSR count). The number of ether oxygens (including phenoxy) is 3. The largest absolute Gasteiger partial charge is 0.494 e. The molecule has 0 aliphatic heterocycles. The van der Waals surface area contributed by atoms with Crippen LogP contribution in [0.1, 0.15) is 77.3 Å². The molecule has 9 nitrogen and oxygen atoms in total. The molecule has 3 aromatic rings. The predicted octanol–water partition coefficient (Wildman–Crippen LogP) is 6.01. The van der Waals surface area contributed by atoms with Gasteiger partial charge < -0.3 is 19.5 Å². The lowest BCUT2D eigenvalue weighted by atomic mass is 9.88. The van der Waals surface area contributed by atoms with Gasteiger partial charge in [-0.2, -0.15) is 5.10 Å². The summed E-state index contributed by atoms with van der Waals surface area (Å²) >= 11 is 1.45. The van der Waals surface area contributed by atoms with E-state index in [4.69, 9.17) is 14.2 Å². The fourth-order valence-electron chi connectivity index (χ4n) is 4.54. The highest BCUT2D eigenvalue weighted by molar-refractivity contribution is 7.17. The van der Waals surface area contributed by atoms with Crippen LogP contribution in [0, 0.1) is 5.92 Å². The minimum absolute atomic E-state index is 0.264. The first-order valence-electron chi connectivity index (χ1n) is 14.2. The number of rotatable bonds is 12. The Morgan fingerprint density at radius 3 is 2.64 bits per heavy atom. The number of nitrogens with zero attached hydrogens (tertiary/aromatic N) is 1. The molecule has 0 fully saturated rings. The Kier molecular flexibility index (Phi) is 10.7. The number of hydrogen-bond donors (Lipinski definition) is 2. The van der Waals surface area contributed by atoms with E-state index in [2.05, 4.69) is 22.8 Å². The maximum Gasteiger partial charge on any atom is 0.341 e. The Balaban J connectivity index is 1.34. The Hall–Kier alpha value is -4.18. The molecular formula is C32H37N3O6S. The van der Waals surface area contributed by atoms with Crippen molar-refractivity contribution < 1.29 is 28.6 Å². The number of carbonyl (C=O) groups is 3. The first-order valence-corrected chi connectivity index (χ1v) is 15.1. The second kappa shape index (κ2) is 14.6. The molecule has 2 atom stereocenters. The van der Waals surface area contributed by atoms with Gasteiger partial charge in [0.2, 0.25) is 0 Å². The maximum absolute atomic E-state index is 13.1. The number of esters is 1. The van der Waals surface area contributed by atoms with Gasteiger partial charge in [0.15, 0.2) is 6.10 Å². The lowest BCUT2D eigenvalue weighted by molar-refractivity contribution is -0.127. The summed E-state index contributed by atoms with van der Waals surface area (Å²) in [5.41, 5.74) is 5.12. The lowest BCUT2D eigenvalue weighted by Gasteiger charge is -2.18. The summed E-state index contributed by atoms with van der Waals surface area (Å²) < 4.78 is 16.7. The number of nitrogens with one attached hydrogen (secondary N) is 2. The van der Waals surface area contributed by atoms with Gasteiger partial charge in [-0.1, -0.05) is 26.0 Å². The van der Waals surface area contributed by atoms with Crippen LogP contribution in [0.3, 0.4) is 0 Å². The summed E-state index contributed by atoms with van der Waals surface area (Å²) in [5, 5.41) is 7.45. The van der Waals surface area contributed by atoms with Crippen molar-refractivity contribution >= 4 is 40.3 Å². The zero-order chi connectivity index (χ0) is 30.1. The molecule has 1 aliphatic carbocycles. The molecule has 0 spiro atoms. The van der Waals surface area contributed by atoms with Crippen molar-refractivity contribution in [3.63, 3.8) is 0 Å². The summed E-state index contributed by atoms with van der Waals surface area (Å²) in [6.07, 6.45) is 4.29. The van der Waals surface area contributed by atoms with Crippen LogP contribution in [-0.4, -0.2) is 43.3 Å². The zero-order valence-electron chi connectivity index (χ0n) is 24.4. The molecule has 1 aromatic heterocycles. The fourth-order valence-corrected chi connectivity index (χ4v) is 5.94. The molecule has 2 aromatic carbocycles. The number of anilines is 1. The number of amides is 2. The van der Waals surface area contributed by atoms with Crippen LogP contribution in [0.5, 0.6) is 11.5 Å². The van der Waals surface area contributed by atoms with Gasteiger partial charge in [0.25, 0.3) is 11.8 Å². The SMILES string of the molecule is CCCOc1cccc(/C=N\NC(=O)[C@@H](C)Oc2ccc(C(=O)Nc3sc4c(c3C(=O)OCC)CC[C@H](C)C4)cc2)c1. The molecule has 42 heavy (non-hydrogen) atoms. The quantitative estimate of drug-likeness (QED) is 0.151. The van der Waals surface area contributed by atoms with Gasteiger partial charge in [0.05, 0.1) is 25.0 Å². The number of hydrogen-bond acceptors (Lipinski definition) is 8. The summed E-state index contributed by atoms with van der Waals surface area (Å²) in [6.45, 7) is 8.50. The topological polar surface area (TPSA) is 115 Å². The van der Waals surface area contributed by atoms with Crippen LogP contribution >= 0.6 is 11.3 Å². The van der Waals surface area contributed by atoms with Crippen molar-refractivity contribution in [1.29, 1.82) is 0 Å². The van der Waals surface area contributed by atoms with Crippen LogP contribution in [0.15, 0.2) is 53.6 Å². The minimum atomic E-state index is -0.826. The van der Waals surface area contributed by atoms with Crippen LogP contribution in [-0.2, 0) is 22.4 Å². The molecule has 2 amide bonds. The molecule has 1 heterocycles. The summed E-state index contributed by atoms with van der Waals surface area (Å²) in [5.74, 6) is 0.518. The average molecular weight is 592 g/mol. The van der Waals surface area contributed by atoms with Crippen molar-refractivity contribution in [3.8, 4) is 11.5 Å². The molecule has 0 saturated heterocycles. The summed E-state index contributed by atoms with van der Waals surface area (Å²) in [6, 6.07) is 13.9. The number of hydrazone groups is 1. The van der Waals surface area contributed by atoms with Gasteiger partial charge in [0.1, 0.15) is 16.5 Å². The van der Waals surface area contributed by atoms with Gasteiger partial charge in [-0.25, -0.2) is 10.2 Å². The third-order valence-corrected chi connectivity index (χ3v) is 7.91. The van der Waals surface area contributed by atoms with Gasteiger partial charge in [0, 0.05) is 10.4 Å². The van der Waals surface area contributed by atoms with Crippen molar-refractivity contribution in [2.45, 2.75) is 59.5 Å².